The number of carbonyl (C=O) groups is 3. The topological polar surface area (TPSA) is 133 Å². The molecule has 0 radical (unpaired) electrons. The number of nitrogens with zero attached hydrogens (tertiary/aromatic N) is 1. The van der Waals surface area contributed by atoms with Crippen LogP contribution in [0, 0.1) is 0 Å². The van der Waals surface area contributed by atoms with Crippen molar-refractivity contribution in [3.05, 3.63) is 29.8 Å². The molecule has 0 spiro atoms. The van der Waals surface area contributed by atoms with Gasteiger partial charge in [0.1, 0.15) is 0 Å². The van der Waals surface area contributed by atoms with Crippen LogP contribution in [0.4, 0.5) is 5.69 Å². The zero-order valence-electron chi connectivity index (χ0n) is 11.0. The van der Waals surface area contributed by atoms with Crippen LogP contribution in [0.25, 0.3) is 0 Å². The van der Waals surface area contributed by atoms with Crippen LogP contribution in [-0.4, -0.2) is 35.7 Å². The summed E-state index contributed by atoms with van der Waals surface area (Å²) in [6, 6.07) is 7.17. The van der Waals surface area contributed by atoms with E-state index in [-0.39, 0.29) is 25.4 Å². The summed E-state index contributed by atoms with van der Waals surface area (Å²) in [6.45, 7) is -0.655. The molecule has 0 bridgehead atoms. The lowest BCUT2D eigenvalue weighted by molar-refractivity contribution is -0.138. The van der Waals surface area contributed by atoms with Crippen LogP contribution in [0.15, 0.2) is 24.3 Å². The highest BCUT2D eigenvalue weighted by atomic mass is 16.2. The zero-order valence-corrected chi connectivity index (χ0v) is 11.0. The number of hydrogen-bond acceptors (Lipinski definition) is 4. The molecule has 20 heavy (non-hydrogen) atoms. The van der Waals surface area contributed by atoms with E-state index in [0.717, 1.165) is 10.5 Å². The molecular formula is C13H18N4O3. The van der Waals surface area contributed by atoms with E-state index in [2.05, 4.69) is 0 Å². The van der Waals surface area contributed by atoms with Crippen LogP contribution in [0.1, 0.15) is 12.0 Å². The molecule has 0 aliphatic heterocycles. The van der Waals surface area contributed by atoms with Gasteiger partial charge in [-0.15, -0.1) is 0 Å². The number of rotatable bonds is 7. The Kier molecular flexibility index (Phi) is 5.52. The first-order valence-electron chi connectivity index (χ1n) is 6.08. The van der Waals surface area contributed by atoms with Crippen molar-refractivity contribution in [1.29, 1.82) is 0 Å². The molecule has 6 N–H and O–H groups in total. The highest BCUT2D eigenvalue weighted by molar-refractivity contribution is 5.88. The number of primary amides is 2. The molecule has 0 aliphatic rings. The van der Waals surface area contributed by atoms with E-state index >= 15 is 0 Å². The molecule has 3 amide bonds. The van der Waals surface area contributed by atoms with E-state index < -0.39 is 11.8 Å². The molecule has 1 rings (SSSR count). The molecule has 1 aromatic rings. The Labute approximate surface area is 116 Å². The Balaban J connectivity index is 2.64. The van der Waals surface area contributed by atoms with Gasteiger partial charge < -0.3 is 22.1 Å². The van der Waals surface area contributed by atoms with Crippen molar-refractivity contribution in [3.8, 4) is 0 Å². The van der Waals surface area contributed by atoms with Crippen molar-refractivity contribution in [2.75, 3.05) is 18.8 Å². The van der Waals surface area contributed by atoms with Crippen molar-refractivity contribution in [2.24, 2.45) is 11.5 Å². The Morgan fingerprint density at radius 2 is 1.55 bits per heavy atom. The zero-order chi connectivity index (χ0) is 15.1. The average molecular weight is 278 g/mol. The van der Waals surface area contributed by atoms with Gasteiger partial charge in [-0.25, -0.2) is 0 Å². The molecular weight excluding hydrogens is 260 g/mol. The molecule has 0 aromatic heterocycles. The molecule has 108 valence electrons. The summed E-state index contributed by atoms with van der Waals surface area (Å²) in [5.74, 6) is -1.76. The second-order valence-electron chi connectivity index (χ2n) is 4.38. The van der Waals surface area contributed by atoms with Crippen molar-refractivity contribution < 1.29 is 14.4 Å². The monoisotopic (exact) mass is 278 g/mol. The lowest BCUT2D eigenvalue weighted by Crippen LogP contribution is -2.43. The molecule has 7 heteroatoms. The minimum atomic E-state index is -0.696. The second-order valence-corrected chi connectivity index (χ2v) is 4.38. The molecule has 0 saturated heterocycles. The molecule has 0 atom stereocenters. The number of benzene rings is 1. The Morgan fingerprint density at radius 3 is 2.05 bits per heavy atom. The molecule has 7 nitrogen and oxygen atoms in total. The van der Waals surface area contributed by atoms with Gasteiger partial charge in [0.25, 0.3) is 0 Å². The van der Waals surface area contributed by atoms with Gasteiger partial charge in [0.2, 0.25) is 17.7 Å². The minimum Gasteiger partial charge on any atom is -0.399 e. The number of hydrogen-bond donors (Lipinski definition) is 3. The van der Waals surface area contributed by atoms with Crippen LogP contribution >= 0.6 is 0 Å². The first-order valence-corrected chi connectivity index (χ1v) is 6.08. The number of anilines is 1. The minimum absolute atomic E-state index is 0.120. The standard InChI is InChI=1S/C13H18N4O3/c14-10-4-2-1-3-9(10)5-6-13(20)17(7-11(15)18)8-12(16)19/h1-4H,5-8,14H2,(H2,15,18)(H2,16,19). The second kappa shape index (κ2) is 7.13. The molecule has 1 aromatic carbocycles. The summed E-state index contributed by atoms with van der Waals surface area (Å²) in [5, 5.41) is 0. The van der Waals surface area contributed by atoms with Crippen LogP contribution in [-0.2, 0) is 20.8 Å². The van der Waals surface area contributed by atoms with E-state index in [4.69, 9.17) is 17.2 Å². The van der Waals surface area contributed by atoms with Gasteiger partial charge in [0, 0.05) is 12.1 Å². The summed E-state index contributed by atoms with van der Waals surface area (Å²) < 4.78 is 0. The molecule has 0 fully saturated rings. The lowest BCUT2D eigenvalue weighted by atomic mass is 10.1. The Hall–Kier alpha value is -2.57. The largest absolute Gasteiger partial charge is 0.399 e. The van der Waals surface area contributed by atoms with Crippen molar-refractivity contribution in [2.45, 2.75) is 12.8 Å². The van der Waals surface area contributed by atoms with Gasteiger partial charge in [0.15, 0.2) is 0 Å². The van der Waals surface area contributed by atoms with Gasteiger partial charge in [0.05, 0.1) is 13.1 Å². The smallest absolute Gasteiger partial charge is 0.237 e. The van der Waals surface area contributed by atoms with Gasteiger partial charge >= 0.3 is 0 Å². The fourth-order valence-electron chi connectivity index (χ4n) is 1.77. The molecule has 0 aliphatic carbocycles. The number of nitrogens with two attached hydrogens (primary N) is 3. The highest BCUT2D eigenvalue weighted by Crippen LogP contribution is 2.13. The predicted octanol–water partition coefficient (Wildman–Crippen LogP) is -0.999. The lowest BCUT2D eigenvalue weighted by Gasteiger charge is -2.19. The van der Waals surface area contributed by atoms with E-state index in [0.29, 0.717) is 12.1 Å². The Morgan fingerprint density at radius 1 is 1.00 bits per heavy atom. The molecule has 0 heterocycles. The van der Waals surface area contributed by atoms with Crippen molar-refractivity contribution in [1.82, 2.24) is 4.90 Å². The third-order valence-corrected chi connectivity index (χ3v) is 2.71. The quantitative estimate of drug-likeness (QED) is 0.552. The van der Waals surface area contributed by atoms with Crippen LogP contribution in [0.2, 0.25) is 0 Å². The number of amides is 3. The highest BCUT2D eigenvalue weighted by Gasteiger charge is 2.17. The third-order valence-electron chi connectivity index (χ3n) is 2.71. The number of para-hydroxylation sites is 1. The summed E-state index contributed by atoms with van der Waals surface area (Å²) in [4.78, 5) is 34.8. The van der Waals surface area contributed by atoms with E-state index in [1.807, 2.05) is 12.1 Å². The fourth-order valence-corrected chi connectivity index (χ4v) is 1.77. The maximum absolute atomic E-state index is 12.0. The van der Waals surface area contributed by atoms with E-state index in [1.54, 1.807) is 12.1 Å². The van der Waals surface area contributed by atoms with Crippen LogP contribution in [0.3, 0.4) is 0 Å². The maximum Gasteiger partial charge on any atom is 0.237 e. The van der Waals surface area contributed by atoms with Crippen LogP contribution < -0.4 is 17.2 Å². The average Bonchev–Trinajstić information content (AvgIpc) is 2.35. The maximum atomic E-state index is 12.0. The van der Waals surface area contributed by atoms with Gasteiger partial charge in [-0.3, -0.25) is 14.4 Å². The van der Waals surface area contributed by atoms with Crippen molar-refractivity contribution in [3.63, 3.8) is 0 Å². The molecule has 0 saturated carbocycles. The third kappa shape index (κ3) is 4.97. The first-order chi connectivity index (χ1) is 9.40. The Bertz CT molecular complexity index is 500. The van der Waals surface area contributed by atoms with Gasteiger partial charge in [-0.2, -0.15) is 0 Å². The summed E-state index contributed by atoms with van der Waals surface area (Å²) in [5.41, 5.74) is 17.3. The number of nitrogen functional groups attached to an aromatic ring is 1. The summed E-state index contributed by atoms with van der Waals surface area (Å²) in [7, 11) is 0. The SMILES string of the molecule is NC(=O)CN(CC(N)=O)C(=O)CCc1ccccc1N. The first kappa shape index (κ1) is 15.5. The summed E-state index contributed by atoms with van der Waals surface area (Å²) in [6.07, 6.45) is 0.536. The predicted molar refractivity (Wildman–Crippen MR) is 74.1 cm³/mol. The van der Waals surface area contributed by atoms with Gasteiger partial charge in [-0.1, -0.05) is 18.2 Å². The van der Waals surface area contributed by atoms with Gasteiger partial charge in [-0.05, 0) is 18.1 Å². The number of carbonyl (C=O) groups excluding carboxylic acids is 3. The fraction of sp³-hybridized carbons (Fsp3) is 0.308. The number of aryl methyl sites for hydroxylation is 1. The molecule has 0 unspecified atom stereocenters. The van der Waals surface area contributed by atoms with E-state index in [9.17, 15) is 14.4 Å². The van der Waals surface area contributed by atoms with E-state index in [1.165, 1.54) is 0 Å². The normalized spacial score (nSPS) is 10.0. The summed E-state index contributed by atoms with van der Waals surface area (Å²) >= 11 is 0. The van der Waals surface area contributed by atoms with Crippen LogP contribution in [0.5, 0.6) is 0 Å². The van der Waals surface area contributed by atoms with Crippen molar-refractivity contribution >= 4 is 23.4 Å².